The number of nitrogens with one attached hydrogen (secondary N) is 1. The van der Waals surface area contributed by atoms with Crippen LogP contribution < -0.4 is 5.32 Å². The van der Waals surface area contributed by atoms with Gasteiger partial charge in [0.25, 0.3) is 0 Å². The Morgan fingerprint density at radius 2 is 1.93 bits per heavy atom. The standard InChI is InChI=1S/C23H24BrN3O2/c24-20-6-4-5-19(15-20)23(11-13-29-14-12-23)26-22(28)10-9-18-16-25-27(17-18)21-7-2-1-3-8-21/h1-8,15-17H,9-14H2,(H,26,28). The number of hydrogen-bond donors (Lipinski definition) is 1. The van der Waals surface area contributed by atoms with Gasteiger partial charge in [-0.1, -0.05) is 46.3 Å². The molecule has 0 radical (unpaired) electrons. The van der Waals surface area contributed by atoms with Crippen LogP contribution in [0.1, 0.15) is 30.4 Å². The minimum Gasteiger partial charge on any atom is -0.381 e. The molecule has 0 spiro atoms. The van der Waals surface area contributed by atoms with Crippen molar-refractivity contribution in [1.29, 1.82) is 0 Å². The average molecular weight is 454 g/mol. The van der Waals surface area contributed by atoms with E-state index in [0.717, 1.165) is 34.1 Å². The van der Waals surface area contributed by atoms with E-state index in [1.54, 1.807) is 0 Å². The summed E-state index contributed by atoms with van der Waals surface area (Å²) < 4.78 is 8.42. The zero-order chi connectivity index (χ0) is 20.1. The highest BCUT2D eigenvalue weighted by molar-refractivity contribution is 9.10. The maximum atomic E-state index is 12.8. The fourth-order valence-corrected chi connectivity index (χ4v) is 4.19. The summed E-state index contributed by atoms with van der Waals surface area (Å²) in [6, 6.07) is 18.2. The molecule has 1 fully saturated rings. The van der Waals surface area contributed by atoms with Crippen LogP contribution in [-0.2, 0) is 21.5 Å². The van der Waals surface area contributed by atoms with Crippen molar-refractivity contribution in [3.63, 3.8) is 0 Å². The second-order valence-corrected chi connectivity index (χ2v) is 8.30. The highest BCUT2D eigenvalue weighted by atomic mass is 79.9. The van der Waals surface area contributed by atoms with Crippen LogP contribution in [0.2, 0.25) is 0 Å². The van der Waals surface area contributed by atoms with Gasteiger partial charge in [-0.25, -0.2) is 4.68 Å². The van der Waals surface area contributed by atoms with Crippen LogP contribution >= 0.6 is 15.9 Å². The molecule has 150 valence electrons. The number of para-hydroxylation sites is 1. The normalized spacial score (nSPS) is 15.8. The largest absolute Gasteiger partial charge is 0.381 e. The minimum atomic E-state index is -0.368. The van der Waals surface area contributed by atoms with E-state index < -0.39 is 0 Å². The number of nitrogens with zero attached hydrogens (tertiary/aromatic N) is 2. The Hall–Kier alpha value is -2.44. The van der Waals surface area contributed by atoms with Gasteiger partial charge in [-0.05, 0) is 54.7 Å². The first-order chi connectivity index (χ1) is 14.1. The summed E-state index contributed by atoms with van der Waals surface area (Å²) in [5.74, 6) is 0.0549. The first kappa shape index (κ1) is 19.9. The molecule has 2 heterocycles. The predicted octanol–water partition coefficient (Wildman–Crippen LogP) is 4.39. The third-order valence-corrected chi connectivity index (χ3v) is 5.89. The van der Waals surface area contributed by atoms with E-state index in [1.165, 1.54) is 0 Å². The van der Waals surface area contributed by atoms with Gasteiger partial charge in [0.05, 0.1) is 17.4 Å². The van der Waals surface area contributed by atoms with E-state index >= 15 is 0 Å². The van der Waals surface area contributed by atoms with Gasteiger partial charge in [-0.3, -0.25) is 4.79 Å². The average Bonchev–Trinajstić information content (AvgIpc) is 3.23. The molecule has 2 aromatic carbocycles. The minimum absolute atomic E-state index is 0.0549. The van der Waals surface area contributed by atoms with Crippen molar-refractivity contribution >= 4 is 21.8 Å². The SMILES string of the molecule is O=C(CCc1cnn(-c2ccccc2)c1)NC1(c2cccc(Br)c2)CCOCC1. The molecule has 1 aliphatic rings. The smallest absolute Gasteiger partial charge is 0.221 e. The fourth-order valence-electron chi connectivity index (χ4n) is 3.79. The molecule has 6 heteroatoms. The van der Waals surface area contributed by atoms with Gasteiger partial charge in [0.2, 0.25) is 5.91 Å². The molecule has 29 heavy (non-hydrogen) atoms. The van der Waals surface area contributed by atoms with Crippen molar-refractivity contribution in [2.75, 3.05) is 13.2 Å². The molecular formula is C23H24BrN3O2. The number of carbonyl (C=O) groups excluding carboxylic acids is 1. The number of ether oxygens (including phenoxy) is 1. The Labute approximate surface area is 179 Å². The van der Waals surface area contributed by atoms with Crippen LogP contribution in [0.5, 0.6) is 0 Å². The number of benzene rings is 2. The summed E-state index contributed by atoms with van der Waals surface area (Å²) in [5.41, 5.74) is 2.82. The van der Waals surface area contributed by atoms with E-state index in [-0.39, 0.29) is 11.4 Å². The second kappa shape index (κ2) is 8.93. The summed E-state index contributed by atoms with van der Waals surface area (Å²) in [5, 5.41) is 7.73. The summed E-state index contributed by atoms with van der Waals surface area (Å²) in [6.07, 6.45) is 6.46. The number of hydrogen-bond acceptors (Lipinski definition) is 3. The Morgan fingerprint density at radius 1 is 1.14 bits per heavy atom. The van der Waals surface area contributed by atoms with Gasteiger partial charge in [0.1, 0.15) is 0 Å². The lowest BCUT2D eigenvalue weighted by Crippen LogP contribution is -2.49. The monoisotopic (exact) mass is 453 g/mol. The Kier molecular flexibility index (Phi) is 6.11. The lowest BCUT2D eigenvalue weighted by Gasteiger charge is -2.38. The molecular weight excluding hydrogens is 430 g/mol. The zero-order valence-electron chi connectivity index (χ0n) is 16.2. The van der Waals surface area contributed by atoms with Crippen LogP contribution in [-0.4, -0.2) is 28.9 Å². The van der Waals surface area contributed by atoms with Gasteiger partial charge in [0, 0.05) is 30.3 Å². The van der Waals surface area contributed by atoms with Gasteiger partial charge >= 0.3 is 0 Å². The van der Waals surface area contributed by atoms with E-state index in [0.29, 0.717) is 26.1 Å². The predicted molar refractivity (Wildman–Crippen MR) is 116 cm³/mol. The number of aryl methyl sites for hydroxylation is 1. The van der Waals surface area contributed by atoms with Crippen molar-refractivity contribution in [1.82, 2.24) is 15.1 Å². The van der Waals surface area contributed by atoms with Crippen LogP contribution in [0.3, 0.4) is 0 Å². The van der Waals surface area contributed by atoms with Crippen molar-refractivity contribution < 1.29 is 9.53 Å². The molecule has 0 unspecified atom stereocenters. The third kappa shape index (κ3) is 4.77. The quantitative estimate of drug-likeness (QED) is 0.601. The number of halogens is 1. The topological polar surface area (TPSA) is 56.2 Å². The Bertz CT molecular complexity index is 965. The van der Waals surface area contributed by atoms with Gasteiger partial charge in [-0.2, -0.15) is 5.10 Å². The highest BCUT2D eigenvalue weighted by Crippen LogP contribution is 2.33. The van der Waals surface area contributed by atoms with E-state index in [1.807, 2.05) is 59.5 Å². The number of amides is 1. The van der Waals surface area contributed by atoms with E-state index in [4.69, 9.17) is 4.74 Å². The van der Waals surface area contributed by atoms with Gasteiger partial charge < -0.3 is 10.1 Å². The molecule has 0 bridgehead atoms. The van der Waals surface area contributed by atoms with E-state index in [2.05, 4.69) is 38.5 Å². The first-order valence-electron chi connectivity index (χ1n) is 9.88. The molecule has 0 atom stereocenters. The molecule has 1 saturated heterocycles. The van der Waals surface area contributed by atoms with Crippen molar-refractivity contribution in [3.8, 4) is 5.69 Å². The van der Waals surface area contributed by atoms with E-state index in [9.17, 15) is 4.79 Å². The lowest BCUT2D eigenvalue weighted by molar-refractivity contribution is -0.124. The van der Waals surface area contributed by atoms with Crippen LogP contribution in [0, 0.1) is 0 Å². The number of aromatic nitrogens is 2. The van der Waals surface area contributed by atoms with Crippen LogP contribution in [0.4, 0.5) is 0 Å². The van der Waals surface area contributed by atoms with Crippen LogP contribution in [0.25, 0.3) is 5.69 Å². The molecule has 0 saturated carbocycles. The summed E-state index contributed by atoms with van der Waals surface area (Å²) in [7, 11) is 0. The Morgan fingerprint density at radius 3 is 2.69 bits per heavy atom. The molecule has 3 aromatic rings. The molecule has 5 nitrogen and oxygen atoms in total. The summed E-state index contributed by atoms with van der Waals surface area (Å²) in [6.45, 7) is 1.30. The molecule has 1 N–H and O–H groups in total. The maximum Gasteiger partial charge on any atom is 0.221 e. The Balaban J connectivity index is 1.42. The molecule has 1 aliphatic heterocycles. The van der Waals surface area contributed by atoms with Crippen molar-refractivity contribution in [3.05, 3.63) is 82.6 Å². The fraction of sp³-hybridized carbons (Fsp3) is 0.304. The molecule has 0 aliphatic carbocycles. The maximum absolute atomic E-state index is 12.8. The molecule has 4 rings (SSSR count). The molecule has 1 aromatic heterocycles. The van der Waals surface area contributed by atoms with Gasteiger partial charge in [-0.15, -0.1) is 0 Å². The third-order valence-electron chi connectivity index (χ3n) is 5.40. The molecule has 1 amide bonds. The first-order valence-corrected chi connectivity index (χ1v) is 10.7. The van der Waals surface area contributed by atoms with Crippen LogP contribution in [0.15, 0.2) is 71.5 Å². The van der Waals surface area contributed by atoms with Crippen molar-refractivity contribution in [2.24, 2.45) is 0 Å². The number of carbonyl (C=O) groups is 1. The summed E-state index contributed by atoms with van der Waals surface area (Å²) >= 11 is 3.55. The highest BCUT2D eigenvalue weighted by Gasteiger charge is 2.35. The van der Waals surface area contributed by atoms with Gasteiger partial charge in [0.15, 0.2) is 0 Å². The second-order valence-electron chi connectivity index (χ2n) is 7.38. The van der Waals surface area contributed by atoms with Crippen molar-refractivity contribution in [2.45, 2.75) is 31.2 Å². The lowest BCUT2D eigenvalue weighted by atomic mass is 9.82. The summed E-state index contributed by atoms with van der Waals surface area (Å²) in [4.78, 5) is 12.8. The zero-order valence-corrected chi connectivity index (χ0v) is 17.8. The number of rotatable bonds is 6.